The molecular weight excluding hydrogens is 290 g/mol. The molecule has 1 fully saturated rings. The van der Waals surface area contributed by atoms with Crippen LogP contribution in [0.5, 0.6) is 0 Å². The Bertz CT molecular complexity index is 565. The third kappa shape index (κ3) is 4.82. The highest BCUT2D eigenvalue weighted by molar-refractivity contribution is 7.89. The quantitative estimate of drug-likeness (QED) is 0.809. The van der Waals surface area contributed by atoms with Gasteiger partial charge >= 0.3 is 5.97 Å². The van der Waals surface area contributed by atoms with Gasteiger partial charge in [-0.05, 0) is 17.9 Å². The SMILES string of the molecule is O=C(O)[C@@H](NS(=O)(=O)CCC1CCCC1)c1ccccc1. The van der Waals surface area contributed by atoms with Crippen LogP contribution in [0.15, 0.2) is 30.3 Å². The normalized spacial score (nSPS) is 17.7. The van der Waals surface area contributed by atoms with E-state index in [9.17, 15) is 18.3 Å². The van der Waals surface area contributed by atoms with Crippen LogP contribution in [0.3, 0.4) is 0 Å². The number of hydrogen-bond acceptors (Lipinski definition) is 3. The maximum atomic E-state index is 12.1. The number of aliphatic carboxylic acids is 1. The fraction of sp³-hybridized carbons (Fsp3) is 0.533. The lowest BCUT2D eigenvalue weighted by Gasteiger charge is -2.16. The fourth-order valence-electron chi connectivity index (χ4n) is 2.77. The van der Waals surface area contributed by atoms with Crippen LogP contribution in [-0.2, 0) is 14.8 Å². The third-order valence-electron chi connectivity index (χ3n) is 3.95. The standard InChI is InChI=1S/C15H21NO4S/c17-15(18)14(13-8-2-1-3-9-13)16-21(19,20)11-10-12-6-4-5-7-12/h1-3,8-9,12,14,16H,4-7,10-11H2,(H,17,18)/t14-/m0/s1. The van der Waals surface area contributed by atoms with Gasteiger partial charge in [-0.15, -0.1) is 0 Å². The number of sulfonamides is 1. The first-order chi connectivity index (χ1) is 9.98. The summed E-state index contributed by atoms with van der Waals surface area (Å²) >= 11 is 0. The van der Waals surface area contributed by atoms with Crippen LogP contribution in [0.1, 0.15) is 43.7 Å². The first-order valence-corrected chi connectivity index (χ1v) is 8.91. The topological polar surface area (TPSA) is 83.5 Å². The smallest absolute Gasteiger partial charge is 0.326 e. The Labute approximate surface area is 125 Å². The van der Waals surface area contributed by atoms with Crippen molar-refractivity contribution in [3.8, 4) is 0 Å². The molecule has 6 heteroatoms. The van der Waals surface area contributed by atoms with Crippen molar-refractivity contribution in [3.05, 3.63) is 35.9 Å². The molecule has 0 heterocycles. The average molecular weight is 311 g/mol. The highest BCUT2D eigenvalue weighted by atomic mass is 32.2. The zero-order chi connectivity index (χ0) is 15.3. The van der Waals surface area contributed by atoms with Crippen molar-refractivity contribution in [1.82, 2.24) is 4.72 Å². The first kappa shape index (κ1) is 16.0. The summed E-state index contributed by atoms with van der Waals surface area (Å²) in [7, 11) is -3.59. The number of rotatable bonds is 7. The molecule has 2 N–H and O–H groups in total. The lowest BCUT2D eigenvalue weighted by atomic mass is 10.1. The number of carboxylic acid groups (broad SMARTS) is 1. The highest BCUT2D eigenvalue weighted by Gasteiger charge is 2.26. The van der Waals surface area contributed by atoms with E-state index in [1.807, 2.05) is 0 Å². The number of nitrogens with one attached hydrogen (secondary N) is 1. The molecule has 0 amide bonds. The van der Waals surface area contributed by atoms with Crippen molar-refractivity contribution < 1.29 is 18.3 Å². The van der Waals surface area contributed by atoms with Crippen molar-refractivity contribution in [2.45, 2.75) is 38.1 Å². The third-order valence-corrected chi connectivity index (χ3v) is 5.31. The molecule has 1 aromatic rings. The summed E-state index contributed by atoms with van der Waals surface area (Å²) in [5.41, 5.74) is 0.439. The van der Waals surface area contributed by atoms with E-state index in [0.717, 1.165) is 12.8 Å². The molecule has 1 saturated carbocycles. The lowest BCUT2D eigenvalue weighted by Crippen LogP contribution is -2.35. The largest absolute Gasteiger partial charge is 0.480 e. The van der Waals surface area contributed by atoms with Gasteiger partial charge in [-0.1, -0.05) is 56.0 Å². The Morgan fingerprint density at radius 3 is 2.43 bits per heavy atom. The van der Waals surface area contributed by atoms with Gasteiger partial charge in [0.25, 0.3) is 0 Å². The van der Waals surface area contributed by atoms with E-state index >= 15 is 0 Å². The van der Waals surface area contributed by atoms with Gasteiger partial charge in [-0.25, -0.2) is 8.42 Å². The Morgan fingerprint density at radius 2 is 1.86 bits per heavy atom. The Kier molecular flexibility index (Phi) is 5.36. The molecule has 2 rings (SSSR count). The molecule has 0 aliphatic heterocycles. The minimum atomic E-state index is -3.59. The summed E-state index contributed by atoms with van der Waals surface area (Å²) in [5.74, 6) is -0.735. The van der Waals surface area contributed by atoms with Crippen LogP contribution >= 0.6 is 0 Å². The molecule has 0 unspecified atom stereocenters. The van der Waals surface area contributed by atoms with E-state index in [1.54, 1.807) is 30.3 Å². The van der Waals surface area contributed by atoms with E-state index in [4.69, 9.17) is 0 Å². The Morgan fingerprint density at radius 1 is 1.24 bits per heavy atom. The van der Waals surface area contributed by atoms with Gasteiger partial charge in [0.15, 0.2) is 0 Å². The van der Waals surface area contributed by atoms with Gasteiger partial charge in [0.2, 0.25) is 10.0 Å². The van der Waals surface area contributed by atoms with Crippen molar-refractivity contribution >= 4 is 16.0 Å². The van der Waals surface area contributed by atoms with Crippen molar-refractivity contribution in [3.63, 3.8) is 0 Å². The zero-order valence-electron chi connectivity index (χ0n) is 11.9. The number of hydrogen-bond donors (Lipinski definition) is 2. The summed E-state index contributed by atoms with van der Waals surface area (Å²) in [6.45, 7) is 0. The van der Waals surface area contributed by atoms with Gasteiger partial charge in [-0.2, -0.15) is 4.72 Å². The molecule has 1 atom stereocenters. The van der Waals surface area contributed by atoms with Gasteiger partial charge in [0.1, 0.15) is 6.04 Å². The van der Waals surface area contributed by atoms with Crippen LogP contribution in [0, 0.1) is 5.92 Å². The van der Waals surface area contributed by atoms with E-state index in [2.05, 4.69) is 4.72 Å². The van der Waals surface area contributed by atoms with Crippen molar-refractivity contribution in [2.75, 3.05) is 5.75 Å². The van der Waals surface area contributed by atoms with Crippen molar-refractivity contribution in [1.29, 1.82) is 0 Å². The van der Waals surface area contributed by atoms with Crippen LogP contribution in [0.2, 0.25) is 0 Å². The minimum Gasteiger partial charge on any atom is -0.480 e. The number of benzene rings is 1. The molecule has 116 valence electrons. The Balaban J connectivity index is 2.00. The first-order valence-electron chi connectivity index (χ1n) is 7.26. The van der Waals surface area contributed by atoms with E-state index in [-0.39, 0.29) is 5.75 Å². The van der Waals surface area contributed by atoms with Crippen LogP contribution in [-0.4, -0.2) is 25.2 Å². The van der Waals surface area contributed by atoms with Crippen LogP contribution < -0.4 is 4.72 Å². The van der Waals surface area contributed by atoms with Gasteiger partial charge in [0.05, 0.1) is 5.75 Å². The molecule has 1 aliphatic carbocycles. The molecular formula is C15H21NO4S. The molecule has 5 nitrogen and oxygen atoms in total. The molecule has 0 aromatic heterocycles. The van der Waals surface area contributed by atoms with E-state index in [0.29, 0.717) is 17.9 Å². The highest BCUT2D eigenvalue weighted by Crippen LogP contribution is 2.28. The predicted molar refractivity (Wildman–Crippen MR) is 80.3 cm³/mol. The van der Waals surface area contributed by atoms with Gasteiger partial charge in [-0.3, -0.25) is 4.79 Å². The zero-order valence-corrected chi connectivity index (χ0v) is 12.7. The van der Waals surface area contributed by atoms with Gasteiger partial charge < -0.3 is 5.11 Å². The number of carbonyl (C=O) groups is 1. The molecule has 1 aliphatic rings. The average Bonchev–Trinajstić information content (AvgIpc) is 2.97. The summed E-state index contributed by atoms with van der Waals surface area (Å²) in [4.78, 5) is 11.3. The summed E-state index contributed by atoms with van der Waals surface area (Å²) in [6.07, 6.45) is 5.10. The van der Waals surface area contributed by atoms with E-state index in [1.165, 1.54) is 12.8 Å². The second-order valence-electron chi connectivity index (χ2n) is 5.56. The molecule has 0 bridgehead atoms. The molecule has 0 saturated heterocycles. The fourth-order valence-corrected chi connectivity index (χ4v) is 4.12. The second-order valence-corrected chi connectivity index (χ2v) is 7.43. The summed E-state index contributed by atoms with van der Waals surface area (Å²) in [5, 5.41) is 9.24. The lowest BCUT2D eigenvalue weighted by molar-refractivity contribution is -0.139. The molecule has 0 radical (unpaired) electrons. The van der Waals surface area contributed by atoms with Crippen molar-refractivity contribution in [2.24, 2.45) is 5.92 Å². The predicted octanol–water partition coefficient (Wildman–Crippen LogP) is 2.31. The molecule has 0 spiro atoms. The second kappa shape index (κ2) is 7.04. The minimum absolute atomic E-state index is 0.00567. The summed E-state index contributed by atoms with van der Waals surface area (Å²) < 4.78 is 26.5. The molecule has 1 aromatic carbocycles. The number of carboxylic acids is 1. The maximum absolute atomic E-state index is 12.1. The maximum Gasteiger partial charge on any atom is 0.326 e. The van der Waals surface area contributed by atoms with Crippen LogP contribution in [0.25, 0.3) is 0 Å². The monoisotopic (exact) mass is 311 g/mol. The summed E-state index contributed by atoms with van der Waals surface area (Å²) in [6, 6.07) is 7.14. The van der Waals surface area contributed by atoms with Gasteiger partial charge in [0, 0.05) is 0 Å². The van der Waals surface area contributed by atoms with E-state index < -0.39 is 22.0 Å². The van der Waals surface area contributed by atoms with Crippen LogP contribution in [0.4, 0.5) is 0 Å². The Hall–Kier alpha value is -1.40. The molecule has 21 heavy (non-hydrogen) atoms.